The zero-order valence-electron chi connectivity index (χ0n) is 17.1. The second kappa shape index (κ2) is 7.83. The number of carbonyl (C=O) groups excluding carboxylic acids is 2. The van der Waals surface area contributed by atoms with Gasteiger partial charge < -0.3 is 5.32 Å². The number of nitrogens with one attached hydrogen (secondary N) is 1. The molecule has 0 unspecified atom stereocenters. The van der Waals surface area contributed by atoms with Crippen molar-refractivity contribution in [2.75, 3.05) is 5.32 Å². The quantitative estimate of drug-likeness (QED) is 0.672. The van der Waals surface area contributed by atoms with Crippen molar-refractivity contribution in [3.05, 3.63) is 68.9 Å². The fourth-order valence-electron chi connectivity index (χ4n) is 3.01. The lowest BCUT2D eigenvalue weighted by Gasteiger charge is -2.15. The smallest absolute Gasteiger partial charge is 0.258 e. The number of aryl methyl sites for hydroxylation is 3. The molecule has 0 aliphatic carbocycles. The number of aromatic nitrogens is 4. The molecule has 0 bridgehead atoms. The van der Waals surface area contributed by atoms with Crippen LogP contribution in [0, 0.1) is 27.7 Å². The summed E-state index contributed by atoms with van der Waals surface area (Å²) in [7, 11) is 0. The Bertz CT molecular complexity index is 1160. The molecule has 0 saturated carbocycles. The van der Waals surface area contributed by atoms with Crippen LogP contribution in [0.15, 0.2) is 35.1 Å². The molecule has 3 aromatic rings. The summed E-state index contributed by atoms with van der Waals surface area (Å²) in [6.45, 7) is 8.42. The van der Waals surface area contributed by atoms with Crippen LogP contribution in [0.4, 0.5) is 5.69 Å². The number of amides is 1. The fourth-order valence-corrected chi connectivity index (χ4v) is 3.01. The van der Waals surface area contributed by atoms with E-state index in [0.29, 0.717) is 28.5 Å². The molecule has 2 heterocycles. The van der Waals surface area contributed by atoms with E-state index in [2.05, 4.69) is 15.4 Å². The lowest BCUT2D eigenvalue weighted by molar-refractivity contribution is -0.116. The van der Waals surface area contributed by atoms with E-state index in [-0.39, 0.29) is 23.8 Å². The highest BCUT2D eigenvalue weighted by Gasteiger charge is 2.18. The Morgan fingerprint density at radius 1 is 1.07 bits per heavy atom. The van der Waals surface area contributed by atoms with Gasteiger partial charge in [-0.05, 0) is 65.0 Å². The van der Waals surface area contributed by atoms with Crippen molar-refractivity contribution in [3.63, 3.8) is 0 Å². The summed E-state index contributed by atoms with van der Waals surface area (Å²) in [6, 6.07) is 8.46. The molecule has 8 nitrogen and oxygen atoms in total. The molecule has 3 rings (SSSR count). The van der Waals surface area contributed by atoms with Crippen LogP contribution in [-0.4, -0.2) is 31.0 Å². The van der Waals surface area contributed by atoms with E-state index in [0.717, 1.165) is 11.4 Å². The first-order chi connectivity index (χ1) is 13.7. The summed E-state index contributed by atoms with van der Waals surface area (Å²) in [5.41, 5.74) is 3.48. The minimum Gasteiger partial charge on any atom is -0.325 e. The Labute approximate surface area is 168 Å². The molecule has 0 aliphatic rings. The number of benzene rings is 1. The van der Waals surface area contributed by atoms with Crippen molar-refractivity contribution in [1.82, 2.24) is 19.3 Å². The number of carbonyl (C=O) groups is 2. The summed E-state index contributed by atoms with van der Waals surface area (Å²) < 4.78 is 2.89. The summed E-state index contributed by atoms with van der Waals surface area (Å²) in [5, 5.41) is 7.15. The van der Waals surface area contributed by atoms with Crippen LogP contribution in [0.25, 0.3) is 5.95 Å². The van der Waals surface area contributed by atoms with E-state index >= 15 is 0 Å². The lowest BCUT2D eigenvalue weighted by atomic mass is 10.1. The Kier molecular flexibility index (Phi) is 5.45. The third-order valence-corrected chi connectivity index (χ3v) is 4.69. The minimum absolute atomic E-state index is 0.0508. The number of nitrogens with zero attached hydrogens (tertiary/aromatic N) is 4. The van der Waals surface area contributed by atoms with Crippen molar-refractivity contribution < 1.29 is 9.59 Å². The van der Waals surface area contributed by atoms with Gasteiger partial charge >= 0.3 is 0 Å². The van der Waals surface area contributed by atoms with E-state index in [9.17, 15) is 14.4 Å². The van der Waals surface area contributed by atoms with E-state index in [1.807, 2.05) is 19.9 Å². The Morgan fingerprint density at radius 3 is 2.28 bits per heavy atom. The van der Waals surface area contributed by atoms with Gasteiger partial charge in [0.25, 0.3) is 5.56 Å². The maximum Gasteiger partial charge on any atom is 0.258 e. The molecule has 0 fully saturated rings. The number of hydrogen-bond donors (Lipinski definition) is 1. The van der Waals surface area contributed by atoms with Crippen LogP contribution in [0.5, 0.6) is 0 Å². The molecule has 150 valence electrons. The molecule has 0 atom stereocenters. The van der Waals surface area contributed by atoms with Crippen LogP contribution >= 0.6 is 0 Å². The Balaban J connectivity index is 1.94. The van der Waals surface area contributed by atoms with Gasteiger partial charge in [-0.25, -0.2) is 9.67 Å². The third-order valence-electron chi connectivity index (χ3n) is 4.69. The Morgan fingerprint density at radius 2 is 1.72 bits per heavy atom. The SMILES string of the molecule is CC(=O)c1ccc(NC(=O)Cn2c(-n3nc(C)cc3C)nc(C)c(C)c2=O)cc1. The van der Waals surface area contributed by atoms with Gasteiger partial charge in [-0.2, -0.15) is 5.10 Å². The van der Waals surface area contributed by atoms with Crippen LogP contribution in [-0.2, 0) is 11.3 Å². The molecule has 8 heteroatoms. The van der Waals surface area contributed by atoms with Crippen LogP contribution < -0.4 is 10.9 Å². The largest absolute Gasteiger partial charge is 0.325 e. The van der Waals surface area contributed by atoms with Crippen LogP contribution in [0.3, 0.4) is 0 Å². The average molecular weight is 393 g/mol. The first kappa shape index (κ1) is 20.2. The highest BCUT2D eigenvalue weighted by molar-refractivity contribution is 5.95. The second-order valence-electron chi connectivity index (χ2n) is 7.03. The van der Waals surface area contributed by atoms with E-state index in [1.54, 1.807) is 42.8 Å². The van der Waals surface area contributed by atoms with Crippen molar-refractivity contribution in [1.29, 1.82) is 0 Å². The molecule has 0 spiro atoms. The summed E-state index contributed by atoms with van der Waals surface area (Å²) in [6.07, 6.45) is 0. The molecule has 0 saturated heterocycles. The maximum atomic E-state index is 12.9. The second-order valence-corrected chi connectivity index (χ2v) is 7.03. The van der Waals surface area contributed by atoms with Crippen molar-refractivity contribution in [2.24, 2.45) is 0 Å². The van der Waals surface area contributed by atoms with E-state index < -0.39 is 0 Å². The summed E-state index contributed by atoms with van der Waals surface area (Å²) in [5.74, 6) is -0.133. The van der Waals surface area contributed by atoms with Gasteiger partial charge in [0.1, 0.15) is 6.54 Å². The summed E-state index contributed by atoms with van der Waals surface area (Å²) in [4.78, 5) is 41.4. The van der Waals surface area contributed by atoms with Crippen LogP contribution in [0.1, 0.15) is 39.9 Å². The predicted octanol–water partition coefficient (Wildman–Crippen LogP) is 2.50. The normalized spacial score (nSPS) is 10.8. The fraction of sp³-hybridized carbons (Fsp3) is 0.286. The first-order valence-electron chi connectivity index (χ1n) is 9.20. The molecule has 2 aromatic heterocycles. The minimum atomic E-state index is -0.379. The zero-order valence-corrected chi connectivity index (χ0v) is 17.1. The molecule has 1 amide bonds. The van der Waals surface area contributed by atoms with Gasteiger partial charge in [-0.15, -0.1) is 0 Å². The van der Waals surface area contributed by atoms with Crippen LogP contribution in [0.2, 0.25) is 0 Å². The van der Waals surface area contributed by atoms with Gasteiger partial charge in [0, 0.05) is 28.2 Å². The van der Waals surface area contributed by atoms with Crippen molar-refractivity contribution in [3.8, 4) is 5.95 Å². The first-order valence-corrected chi connectivity index (χ1v) is 9.20. The van der Waals surface area contributed by atoms with Gasteiger partial charge in [-0.1, -0.05) is 0 Å². The molecular formula is C21H23N5O3. The predicted molar refractivity (Wildman–Crippen MR) is 110 cm³/mol. The topological polar surface area (TPSA) is 98.9 Å². The number of hydrogen-bond acceptors (Lipinski definition) is 5. The molecule has 29 heavy (non-hydrogen) atoms. The highest BCUT2D eigenvalue weighted by atomic mass is 16.2. The van der Waals surface area contributed by atoms with Gasteiger partial charge in [0.15, 0.2) is 5.78 Å². The molecule has 0 aliphatic heterocycles. The number of ketones is 1. The standard InChI is InChI=1S/C21H23N5O3/c1-12-10-13(2)26(24-12)21-22-15(4)14(3)20(29)25(21)11-19(28)23-18-8-6-17(7-9-18)16(5)27/h6-10H,11H2,1-5H3,(H,23,28). The Hall–Kier alpha value is -3.55. The monoisotopic (exact) mass is 393 g/mol. The maximum absolute atomic E-state index is 12.9. The molecule has 1 N–H and O–H groups in total. The lowest BCUT2D eigenvalue weighted by Crippen LogP contribution is -2.33. The average Bonchev–Trinajstić information content (AvgIpc) is 3.00. The van der Waals surface area contributed by atoms with E-state index in [1.165, 1.54) is 11.5 Å². The number of rotatable bonds is 5. The third kappa shape index (κ3) is 4.16. The molecule has 0 radical (unpaired) electrons. The number of anilines is 1. The van der Waals surface area contributed by atoms with E-state index in [4.69, 9.17) is 0 Å². The van der Waals surface area contributed by atoms with Gasteiger partial charge in [-0.3, -0.25) is 19.0 Å². The van der Waals surface area contributed by atoms with Crippen molar-refractivity contribution in [2.45, 2.75) is 41.2 Å². The van der Waals surface area contributed by atoms with Gasteiger partial charge in [0.05, 0.1) is 5.69 Å². The number of Topliss-reactive ketones (excluding diaryl/α,β-unsaturated/α-hetero) is 1. The molecular weight excluding hydrogens is 370 g/mol. The zero-order chi connectivity index (χ0) is 21.3. The summed E-state index contributed by atoms with van der Waals surface area (Å²) >= 11 is 0. The van der Waals surface area contributed by atoms with Crippen molar-refractivity contribution >= 4 is 17.4 Å². The molecule has 1 aromatic carbocycles. The highest BCUT2D eigenvalue weighted by Crippen LogP contribution is 2.13. The van der Waals surface area contributed by atoms with Gasteiger partial charge in [0.2, 0.25) is 11.9 Å².